The smallest absolute Gasteiger partial charge is 0.255 e. The summed E-state index contributed by atoms with van der Waals surface area (Å²) in [5.74, 6) is -0.194. The van der Waals surface area contributed by atoms with E-state index in [0.29, 0.717) is 36.4 Å². The van der Waals surface area contributed by atoms with E-state index in [9.17, 15) is 9.59 Å². The van der Waals surface area contributed by atoms with Gasteiger partial charge in [0.2, 0.25) is 0 Å². The lowest BCUT2D eigenvalue weighted by Gasteiger charge is -2.28. The highest BCUT2D eigenvalue weighted by Gasteiger charge is 2.24. The van der Waals surface area contributed by atoms with Crippen molar-refractivity contribution < 1.29 is 9.59 Å². The van der Waals surface area contributed by atoms with Gasteiger partial charge in [-0.1, -0.05) is 18.2 Å². The molecule has 0 atom stereocenters. The number of rotatable bonds is 5. The SMILES string of the molecule is Cc1cc(C)n(Cc2ccc(C(=O)Nc3cccc(C(=O)N4CCc5sccc5C4)c3C)cc2)n1. The van der Waals surface area contributed by atoms with Gasteiger partial charge < -0.3 is 10.2 Å². The van der Waals surface area contributed by atoms with Crippen molar-refractivity contribution >= 4 is 28.8 Å². The molecule has 0 bridgehead atoms. The molecule has 0 fully saturated rings. The van der Waals surface area contributed by atoms with Gasteiger partial charge in [-0.15, -0.1) is 11.3 Å². The molecule has 0 saturated heterocycles. The molecule has 6 nitrogen and oxygen atoms in total. The predicted molar refractivity (Wildman–Crippen MR) is 139 cm³/mol. The van der Waals surface area contributed by atoms with Gasteiger partial charge in [0, 0.05) is 40.5 Å². The Morgan fingerprint density at radius 3 is 2.60 bits per heavy atom. The topological polar surface area (TPSA) is 67.2 Å². The van der Waals surface area contributed by atoms with Crippen molar-refractivity contribution in [2.45, 2.75) is 40.3 Å². The minimum absolute atomic E-state index is 0.00366. The second kappa shape index (κ2) is 9.50. The lowest BCUT2D eigenvalue weighted by Crippen LogP contribution is -2.35. The van der Waals surface area contributed by atoms with E-state index in [4.69, 9.17) is 0 Å². The number of nitrogens with one attached hydrogen (secondary N) is 1. The Kier molecular flexibility index (Phi) is 6.26. The van der Waals surface area contributed by atoms with E-state index in [-0.39, 0.29) is 11.8 Å². The number of benzene rings is 2. The number of aromatic nitrogens is 2. The number of carbonyl (C=O) groups excluding carboxylic acids is 2. The Hall–Kier alpha value is -3.71. The van der Waals surface area contributed by atoms with Gasteiger partial charge in [-0.3, -0.25) is 14.3 Å². The standard InChI is InChI=1S/C28H28N4O2S/c1-18-15-19(2)32(30-18)16-21-7-9-22(10-8-21)27(33)29-25-6-4-5-24(20(25)3)28(34)31-13-11-26-23(17-31)12-14-35-26/h4-10,12,14-15H,11,13,16-17H2,1-3H3,(H,29,33). The van der Waals surface area contributed by atoms with E-state index in [1.165, 1.54) is 10.4 Å². The monoisotopic (exact) mass is 484 g/mol. The molecule has 1 aliphatic heterocycles. The Morgan fingerprint density at radius 1 is 1.06 bits per heavy atom. The minimum atomic E-state index is -0.198. The molecular formula is C28H28N4O2S. The molecular weight excluding hydrogens is 456 g/mol. The van der Waals surface area contributed by atoms with E-state index in [2.05, 4.69) is 21.9 Å². The van der Waals surface area contributed by atoms with Crippen molar-refractivity contribution in [1.82, 2.24) is 14.7 Å². The second-order valence-electron chi connectivity index (χ2n) is 9.06. The summed E-state index contributed by atoms with van der Waals surface area (Å²) in [5, 5.41) is 9.58. The summed E-state index contributed by atoms with van der Waals surface area (Å²) in [4.78, 5) is 29.5. The highest BCUT2D eigenvalue weighted by Crippen LogP contribution is 2.27. The van der Waals surface area contributed by atoms with E-state index in [0.717, 1.165) is 28.9 Å². The molecule has 178 valence electrons. The number of anilines is 1. The molecule has 2 aromatic carbocycles. The average molecular weight is 485 g/mol. The molecule has 0 unspecified atom stereocenters. The maximum Gasteiger partial charge on any atom is 0.255 e. The first-order chi connectivity index (χ1) is 16.9. The Bertz CT molecular complexity index is 1400. The number of hydrogen-bond donors (Lipinski definition) is 1. The number of hydrogen-bond acceptors (Lipinski definition) is 4. The van der Waals surface area contributed by atoms with Gasteiger partial charge in [-0.2, -0.15) is 5.10 Å². The van der Waals surface area contributed by atoms with E-state index in [1.807, 2.05) is 78.9 Å². The van der Waals surface area contributed by atoms with Gasteiger partial charge in [0.05, 0.1) is 12.2 Å². The van der Waals surface area contributed by atoms with Gasteiger partial charge in [-0.25, -0.2) is 0 Å². The van der Waals surface area contributed by atoms with Gasteiger partial charge >= 0.3 is 0 Å². The van der Waals surface area contributed by atoms with Crippen LogP contribution in [0.1, 0.15) is 53.7 Å². The van der Waals surface area contributed by atoms with Gasteiger partial charge in [-0.05, 0) is 85.7 Å². The third-order valence-corrected chi connectivity index (χ3v) is 7.58. The number of fused-ring (bicyclic) bond motifs is 1. The molecule has 2 aromatic heterocycles. The molecule has 1 aliphatic rings. The van der Waals surface area contributed by atoms with Gasteiger partial charge in [0.25, 0.3) is 11.8 Å². The average Bonchev–Trinajstić information content (AvgIpc) is 3.45. The maximum atomic E-state index is 13.3. The van der Waals surface area contributed by atoms with Crippen molar-refractivity contribution in [2.24, 2.45) is 0 Å². The Balaban J connectivity index is 1.28. The van der Waals surface area contributed by atoms with Crippen LogP contribution in [0.25, 0.3) is 0 Å². The fourth-order valence-corrected chi connectivity index (χ4v) is 5.45. The molecule has 35 heavy (non-hydrogen) atoms. The molecule has 0 saturated carbocycles. The van der Waals surface area contributed by atoms with Crippen LogP contribution in [0.2, 0.25) is 0 Å². The number of thiophene rings is 1. The summed E-state index contributed by atoms with van der Waals surface area (Å²) >= 11 is 1.76. The van der Waals surface area contributed by atoms with Crippen molar-refractivity contribution in [3.8, 4) is 0 Å². The van der Waals surface area contributed by atoms with Crippen LogP contribution in [-0.2, 0) is 19.5 Å². The van der Waals surface area contributed by atoms with Crippen LogP contribution in [0.4, 0.5) is 5.69 Å². The van der Waals surface area contributed by atoms with Crippen LogP contribution in [0.3, 0.4) is 0 Å². The molecule has 7 heteroatoms. The third-order valence-electron chi connectivity index (χ3n) is 6.56. The number of carbonyl (C=O) groups is 2. The molecule has 0 radical (unpaired) electrons. The summed E-state index contributed by atoms with van der Waals surface area (Å²) in [5.41, 5.74) is 7.04. The molecule has 0 aliphatic carbocycles. The second-order valence-corrected chi connectivity index (χ2v) is 10.1. The Labute approximate surface area is 209 Å². The van der Waals surface area contributed by atoms with Crippen LogP contribution >= 0.6 is 11.3 Å². The zero-order valence-electron chi connectivity index (χ0n) is 20.2. The molecule has 0 spiro atoms. The Morgan fingerprint density at radius 2 is 1.86 bits per heavy atom. The summed E-state index contributed by atoms with van der Waals surface area (Å²) < 4.78 is 1.96. The summed E-state index contributed by atoms with van der Waals surface area (Å²) in [6.45, 7) is 7.92. The fourth-order valence-electron chi connectivity index (χ4n) is 4.56. The molecule has 2 amide bonds. The van der Waals surface area contributed by atoms with Crippen LogP contribution in [0, 0.1) is 20.8 Å². The first-order valence-electron chi connectivity index (χ1n) is 11.7. The number of amides is 2. The summed E-state index contributed by atoms with van der Waals surface area (Å²) in [6.07, 6.45) is 0.893. The van der Waals surface area contributed by atoms with Crippen LogP contribution in [0.5, 0.6) is 0 Å². The minimum Gasteiger partial charge on any atom is -0.334 e. The number of aryl methyl sites for hydroxylation is 2. The van der Waals surface area contributed by atoms with Crippen molar-refractivity contribution in [3.05, 3.63) is 104 Å². The van der Waals surface area contributed by atoms with Crippen LogP contribution in [0.15, 0.2) is 60.0 Å². The zero-order valence-corrected chi connectivity index (χ0v) is 21.0. The van der Waals surface area contributed by atoms with Crippen molar-refractivity contribution in [2.75, 3.05) is 11.9 Å². The van der Waals surface area contributed by atoms with E-state index in [1.54, 1.807) is 11.3 Å². The van der Waals surface area contributed by atoms with Crippen molar-refractivity contribution in [1.29, 1.82) is 0 Å². The first-order valence-corrected chi connectivity index (χ1v) is 12.6. The van der Waals surface area contributed by atoms with Gasteiger partial charge in [0.15, 0.2) is 0 Å². The van der Waals surface area contributed by atoms with E-state index >= 15 is 0 Å². The quantitative estimate of drug-likeness (QED) is 0.414. The summed E-state index contributed by atoms with van der Waals surface area (Å²) in [7, 11) is 0. The molecule has 4 aromatic rings. The third kappa shape index (κ3) is 4.77. The lowest BCUT2D eigenvalue weighted by atomic mass is 10.0. The molecule has 1 N–H and O–H groups in total. The lowest BCUT2D eigenvalue weighted by molar-refractivity contribution is 0.0735. The predicted octanol–water partition coefficient (Wildman–Crippen LogP) is 5.37. The highest BCUT2D eigenvalue weighted by molar-refractivity contribution is 7.10. The van der Waals surface area contributed by atoms with Crippen molar-refractivity contribution in [3.63, 3.8) is 0 Å². The maximum absolute atomic E-state index is 13.3. The number of nitrogens with zero attached hydrogens (tertiary/aromatic N) is 3. The molecule has 3 heterocycles. The zero-order chi connectivity index (χ0) is 24.5. The van der Waals surface area contributed by atoms with Crippen LogP contribution in [-0.4, -0.2) is 33.0 Å². The highest BCUT2D eigenvalue weighted by atomic mass is 32.1. The summed E-state index contributed by atoms with van der Waals surface area (Å²) in [6, 6.07) is 17.2. The first kappa shape index (κ1) is 23.1. The normalized spacial score (nSPS) is 12.9. The van der Waals surface area contributed by atoms with E-state index < -0.39 is 0 Å². The largest absolute Gasteiger partial charge is 0.334 e. The molecule has 5 rings (SSSR count). The van der Waals surface area contributed by atoms with Crippen LogP contribution < -0.4 is 5.32 Å². The fraction of sp³-hybridized carbons (Fsp3) is 0.250. The van der Waals surface area contributed by atoms with Gasteiger partial charge in [0.1, 0.15) is 0 Å².